The van der Waals surface area contributed by atoms with Gasteiger partial charge in [-0.1, -0.05) is 6.92 Å². The third kappa shape index (κ3) is 3.19. The average molecular weight is 239 g/mol. The lowest BCUT2D eigenvalue weighted by Crippen LogP contribution is -2.54. The van der Waals surface area contributed by atoms with Crippen molar-refractivity contribution in [1.29, 1.82) is 0 Å². The monoisotopic (exact) mass is 239 g/mol. The minimum atomic E-state index is 0.0578. The lowest BCUT2D eigenvalue weighted by molar-refractivity contribution is -0.138. The maximum Gasteiger partial charge on any atom is 0.239 e. The number of piperazine rings is 1. The summed E-state index contributed by atoms with van der Waals surface area (Å²) in [6.07, 6.45) is 2.44. The van der Waals surface area contributed by atoms with Crippen molar-refractivity contribution in [2.45, 2.75) is 32.7 Å². The molecule has 2 aliphatic rings. The molecule has 0 radical (unpaired) electrons. The number of carbonyl (C=O) groups excluding carboxylic acids is 1. The van der Waals surface area contributed by atoms with E-state index in [0.717, 1.165) is 39.3 Å². The molecule has 1 amide bonds. The van der Waals surface area contributed by atoms with Crippen LogP contribution < -0.4 is 5.32 Å². The predicted molar refractivity (Wildman–Crippen MR) is 68.9 cm³/mol. The van der Waals surface area contributed by atoms with Gasteiger partial charge in [-0.15, -0.1) is 0 Å². The molecule has 0 aromatic heterocycles. The average Bonchev–Trinajstić information content (AvgIpc) is 2.38. The standard InChI is InChI=1S/C13H25N3O/c1-11-4-3-7-16(10-11)13(17)12(2)15-8-5-14-6-9-15/h11-12,14H,3-10H2,1-2H3. The van der Waals surface area contributed by atoms with Gasteiger partial charge in [-0.05, 0) is 25.7 Å². The van der Waals surface area contributed by atoms with E-state index in [2.05, 4.69) is 29.0 Å². The fourth-order valence-electron chi connectivity index (χ4n) is 2.88. The van der Waals surface area contributed by atoms with Gasteiger partial charge in [-0.25, -0.2) is 0 Å². The second-order valence-electron chi connectivity index (χ2n) is 5.49. The maximum atomic E-state index is 12.4. The van der Waals surface area contributed by atoms with Crippen LogP contribution in [0.4, 0.5) is 0 Å². The van der Waals surface area contributed by atoms with E-state index in [9.17, 15) is 4.79 Å². The van der Waals surface area contributed by atoms with Crippen molar-refractivity contribution in [3.05, 3.63) is 0 Å². The summed E-state index contributed by atoms with van der Waals surface area (Å²) >= 11 is 0. The van der Waals surface area contributed by atoms with Gasteiger partial charge in [0.2, 0.25) is 5.91 Å². The van der Waals surface area contributed by atoms with E-state index < -0.39 is 0 Å². The summed E-state index contributed by atoms with van der Waals surface area (Å²) in [6, 6.07) is 0.0578. The number of rotatable bonds is 2. The van der Waals surface area contributed by atoms with Crippen LogP contribution in [0, 0.1) is 5.92 Å². The van der Waals surface area contributed by atoms with Crippen LogP contribution in [-0.4, -0.2) is 61.0 Å². The van der Waals surface area contributed by atoms with E-state index in [0.29, 0.717) is 11.8 Å². The van der Waals surface area contributed by atoms with E-state index in [1.807, 2.05) is 0 Å². The maximum absolute atomic E-state index is 12.4. The van der Waals surface area contributed by atoms with Crippen LogP contribution >= 0.6 is 0 Å². The lowest BCUT2D eigenvalue weighted by Gasteiger charge is -2.37. The van der Waals surface area contributed by atoms with Gasteiger partial charge in [0, 0.05) is 39.3 Å². The van der Waals surface area contributed by atoms with Crippen LogP contribution in [0.5, 0.6) is 0 Å². The number of nitrogens with zero attached hydrogens (tertiary/aromatic N) is 2. The minimum Gasteiger partial charge on any atom is -0.341 e. The van der Waals surface area contributed by atoms with E-state index in [1.165, 1.54) is 12.8 Å². The number of piperidine rings is 1. The molecular formula is C13H25N3O. The molecular weight excluding hydrogens is 214 g/mol. The van der Waals surface area contributed by atoms with E-state index >= 15 is 0 Å². The van der Waals surface area contributed by atoms with E-state index in [-0.39, 0.29) is 6.04 Å². The summed E-state index contributed by atoms with van der Waals surface area (Å²) < 4.78 is 0. The molecule has 0 aromatic rings. The molecule has 2 fully saturated rings. The van der Waals surface area contributed by atoms with Gasteiger partial charge in [-0.2, -0.15) is 0 Å². The van der Waals surface area contributed by atoms with Crippen LogP contribution in [0.15, 0.2) is 0 Å². The molecule has 17 heavy (non-hydrogen) atoms. The quantitative estimate of drug-likeness (QED) is 0.764. The number of hydrogen-bond donors (Lipinski definition) is 1. The molecule has 0 saturated carbocycles. The molecule has 98 valence electrons. The third-order valence-corrected chi connectivity index (χ3v) is 4.03. The van der Waals surface area contributed by atoms with E-state index in [1.54, 1.807) is 0 Å². The third-order valence-electron chi connectivity index (χ3n) is 4.03. The number of carbonyl (C=O) groups is 1. The highest BCUT2D eigenvalue weighted by molar-refractivity contribution is 5.81. The molecule has 2 unspecified atom stereocenters. The predicted octanol–water partition coefficient (Wildman–Crippen LogP) is 0.539. The zero-order valence-electron chi connectivity index (χ0n) is 11.1. The Morgan fingerprint density at radius 3 is 2.65 bits per heavy atom. The molecule has 1 N–H and O–H groups in total. The van der Waals surface area contributed by atoms with Crippen molar-refractivity contribution >= 4 is 5.91 Å². The van der Waals surface area contributed by atoms with Gasteiger partial charge in [0.1, 0.15) is 0 Å². The smallest absolute Gasteiger partial charge is 0.239 e. The summed E-state index contributed by atoms with van der Waals surface area (Å²) in [7, 11) is 0. The molecule has 2 aliphatic heterocycles. The minimum absolute atomic E-state index is 0.0578. The Morgan fingerprint density at radius 1 is 1.29 bits per heavy atom. The topological polar surface area (TPSA) is 35.6 Å². The van der Waals surface area contributed by atoms with Crippen LogP contribution in [0.1, 0.15) is 26.7 Å². The van der Waals surface area contributed by atoms with Gasteiger partial charge in [0.15, 0.2) is 0 Å². The highest BCUT2D eigenvalue weighted by Gasteiger charge is 2.28. The Labute approximate surface area is 104 Å². The molecule has 2 rings (SSSR count). The van der Waals surface area contributed by atoms with Gasteiger partial charge in [0.25, 0.3) is 0 Å². The fourth-order valence-corrected chi connectivity index (χ4v) is 2.88. The largest absolute Gasteiger partial charge is 0.341 e. The van der Waals surface area contributed by atoms with Gasteiger partial charge >= 0.3 is 0 Å². The van der Waals surface area contributed by atoms with Crippen molar-refractivity contribution in [2.24, 2.45) is 5.92 Å². The van der Waals surface area contributed by atoms with Gasteiger partial charge < -0.3 is 10.2 Å². The molecule has 2 saturated heterocycles. The van der Waals surface area contributed by atoms with Crippen LogP contribution in [0.2, 0.25) is 0 Å². The van der Waals surface area contributed by atoms with Crippen LogP contribution in [0.25, 0.3) is 0 Å². The van der Waals surface area contributed by atoms with Crippen molar-refractivity contribution < 1.29 is 4.79 Å². The molecule has 0 spiro atoms. The van der Waals surface area contributed by atoms with Crippen LogP contribution in [-0.2, 0) is 4.79 Å². The zero-order valence-corrected chi connectivity index (χ0v) is 11.1. The first-order valence-corrected chi connectivity index (χ1v) is 6.92. The van der Waals surface area contributed by atoms with Gasteiger partial charge in [-0.3, -0.25) is 9.69 Å². The lowest BCUT2D eigenvalue weighted by atomic mass is 9.99. The molecule has 4 nitrogen and oxygen atoms in total. The SMILES string of the molecule is CC1CCCN(C(=O)C(C)N2CCNCC2)C1. The zero-order chi connectivity index (χ0) is 12.3. The second-order valence-corrected chi connectivity index (χ2v) is 5.49. The Hall–Kier alpha value is -0.610. The number of hydrogen-bond acceptors (Lipinski definition) is 3. The number of likely N-dealkylation sites (tertiary alicyclic amines) is 1. The summed E-state index contributed by atoms with van der Waals surface area (Å²) in [5, 5.41) is 3.33. The molecule has 2 atom stereocenters. The molecule has 0 bridgehead atoms. The molecule has 0 aromatic carbocycles. The number of nitrogens with one attached hydrogen (secondary N) is 1. The highest BCUT2D eigenvalue weighted by Crippen LogP contribution is 2.17. The first-order valence-electron chi connectivity index (χ1n) is 6.92. The Balaban J connectivity index is 1.89. The summed E-state index contributed by atoms with van der Waals surface area (Å²) in [5.74, 6) is 1.00. The van der Waals surface area contributed by atoms with Crippen molar-refractivity contribution in [2.75, 3.05) is 39.3 Å². The normalized spacial score (nSPS) is 29.1. The van der Waals surface area contributed by atoms with Crippen molar-refractivity contribution in [3.8, 4) is 0 Å². The first-order chi connectivity index (χ1) is 8.18. The van der Waals surface area contributed by atoms with Gasteiger partial charge in [0.05, 0.1) is 6.04 Å². The van der Waals surface area contributed by atoms with Crippen LogP contribution in [0.3, 0.4) is 0 Å². The Kier molecular flexibility index (Phi) is 4.40. The summed E-state index contributed by atoms with van der Waals surface area (Å²) in [5.41, 5.74) is 0. The second kappa shape index (κ2) is 5.83. The van der Waals surface area contributed by atoms with E-state index in [4.69, 9.17) is 0 Å². The molecule has 0 aliphatic carbocycles. The molecule has 2 heterocycles. The first kappa shape index (κ1) is 12.8. The summed E-state index contributed by atoms with van der Waals surface area (Å²) in [6.45, 7) is 10.2. The number of amides is 1. The van der Waals surface area contributed by atoms with Crippen molar-refractivity contribution in [3.63, 3.8) is 0 Å². The van der Waals surface area contributed by atoms with Crippen molar-refractivity contribution in [1.82, 2.24) is 15.1 Å². The summed E-state index contributed by atoms with van der Waals surface area (Å²) in [4.78, 5) is 16.8. The Morgan fingerprint density at radius 2 is 2.00 bits per heavy atom. The fraction of sp³-hybridized carbons (Fsp3) is 0.923. The highest BCUT2D eigenvalue weighted by atomic mass is 16.2. The molecule has 4 heteroatoms. The Bertz CT molecular complexity index is 263.